The maximum Gasteiger partial charge on any atom is 0.256 e. The van der Waals surface area contributed by atoms with Crippen LogP contribution in [0.2, 0.25) is 5.02 Å². The van der Waals surface area contributed by atoms with Gasteiger partial charge >= 0.3 is 0 Å². The van der Waals surface area contributed by atoms with E-state index in [0.717, 1.165) is 33.5 Å². The number of sulfone groups is 1. The molecule has 0 saturated heterocycles. The summed E-state index contributed by atoms with van der Waals surface area (Å²) in [6.07, 6.45) is 2.85. The van der Waals surface area contributed by atoms with Crippen LogP contribution >= 0.6 is 22.9 Å². The average molecular weight is 497 g/mol. The summed E-state index contributed by atoms with van der Waals surface area (Å²) in [5, 5.41) is 6.06. The Labute approximate surface area is 202 Å². The van der Waals surface area contributed by atoms with Gasteiger partial charge in [0.1, 0.15) is 5.01 Å². The fourth-order valence-electron chi connectivity index (χ4n) is 3.42. The van der Waals surface area contributed by atoms with Crippen LogP contribution in [-0.2, 0) is 9.84 Å². The third-order valence-corrected chi connectivity index (χ3v) is 7.61. The molecule has 1 amide bonds. The van der Waals surface area contributed by atoms with Gasteiger partial charge in [-0.3, -0.25) is 4.79 Å². The Morgan fingerprint density at radius 3 is 2.42 bits per heavy atom. The number of nitrogens with one attached hydrogen (secondary N) is 1. The number of aryl methyl sites for hydroxylation is 2. The fraction of sp³-hybridized carbons (Fsp3) is 0.120. The minimum absolute atomic E-state index is 0.157. The molecule has 0 spiro atoms. The first-order chi connectivity index (χ1) is 15.6. The smallest absolute Gasteiger partial charge is 0.256 e. The van der Waals surface area contributed by atoms with Gasteiger partial charge in [0.25, 0.3) is 5.91 Å². The van der Waals surface area contributed by atoms with Crippen molar-refractivity contribution in [1.29, 1.82) is 0 Å². The maximum atomic E-state index is 13.3. The highest BCUT2D eigenvalue weighted by atomic mass is 35.5. The number of anilines is 1. The lowest BCUT2D eigenvalue weighted by Gasteiger charge is -2.14. The molecule has 0 aliphatic heterocycles. The largest absolute Gasteiger partial charge is 0.322 e. The number of amides is 1. The average Bonchev–Trinajstić information content (AvgIpc) is 3.30. The maximum absolute atomic E-state index is 13.3. The minimum Gasteiger partial charge on any atom is -0.322 e. The third-order valence-electron chi connectivity index (χ3n) is 5.37. The van der Waals surface area contributed by atoms with Crippen molar-refractivity contribution in [3.05, 3.63) is 87.9 Å². The highest BCUT2D eigenvalue weighted by molar-refractivity contribution is 7.90. The van der Waals surface area contributed by atoms with Crippen LogP contribution in [0, 0.1) is 13.8 Å². The molecule has 1 N–H and O–H groups in total. The summed E-state index contributed by atoms with van der Waals surface area (Å²) in [6.45, 7) is 3.98. The molecule has 0 unspecified atom stereocenters. The summed E-state index contributed by atoms with van der Waals surface area (Å²) in [6, 6.07) is 15.6. The number of aromatic nitrogens is 1. The monoisotopic (exact) mass is 496 g/mol. The van der Waals surface area contributed by atoms with Gasteiger partial charge in [0.05, 0.1) is 9.92 Å². The molecule has 0 saturated carbocycles. The molecular weight excluding hydrogens is 476 g/mol. The van der Waals surface area contributed by atoms with Gasteiger partial charge in [-0.1, -0.05) is 29.8 Å². The number of nitrogens with zero attached hydrogens (tertiary/aromatic N) is 1. The first-order valence-electron chi connectivity index (χ1n) is 10.1. The highest BCUT2D eigenvalue weighted by Crippen LogP contribution is 2.33. The zero-order valence-electron chi connectivity index (χ0n) is 18.2. The van der Waals surface area contributed by atoms with Crippen molar-refractivity contribution in [2.24, 2.45) is 0 Å². The summed E-state index contributed by atoms with van der Waals surface area (Å²) in [5.41, 5.74) is 5.14. The highest BCUT2D eigenvalue weighted by Gasteiger charge is 2.18. The summed E-state index contributed by atoms with van der Waals surface area (Å²) in [5.74, 6) is -0.351. The van der Waals surface area contributed by atoms with Gasteiger partial charge in [-0.25, -0.2) is 13.4 Å². The Morgan fingerprint density at radius 2 is 1.76 bits per heavy atom. The van der Waals surface area contributed by atoms with Crippen molar-refractivity contribution < 1.29 is 13.2 Å². The van der Waals surface area contributed by atoms with E-state index in [-0.39, 0.29) is 10.8 Å². The van der Waals surface area contributed by atoms with E-state index in [0.29, 0.717) is 21.8 Å². The Kier molecular flexibility index (Phi) is 6.38. The molecule has 1 heterocycles. The molecule has 0 fully saturated rings. The SMILES string of the molecule is Cc1ccc(-c2cc(S(C)(=O)=O)ccc2C(=O)Nc2ccc(Cl)c(-c3nccs3)c2)cc1C. The molecule has 168 valence electrons. The number of benzene rings is 3. The van der Waals surface area contributed by atoms with Crippen LogP contribution in [0.25, 0.3) is 21.7 Å². The normalized spacial score (nSPS) is 11.4. The number of carbonyl (C=O) groups is 1. The Balaban J connectivity index is 1.76. The second kappa shape index (κ2) is 9.09. The number of hydrogen-bond donors (Lipinski definition) is 1. The van der Waals surface area contributed by atoms with E-state index in [1.54, 1.807) is 36.5 Å². The zero-order valence-corrected chi connectivity index (χ0v) is 20.6. The van der Waals surface area contributed by atoms with Gasteiger partial charge in [0.15, 0.2) is 9.84 Å². The number of halogens is 1. The quantitative estimate of drug-likeness (QED) is 0.346. The molecule has 0 atom stereocenters. The van der Waals surface area contributed by atoms with Crippen molar-refractivity contribution in [2.75, 3.05) is 11.6 Å². The molecule has 4 aromatic rings. The van der Waals surface area contributed by atoms with E-state index in [2.05, 4.69) is 10.3 Å². The molecule has 5 nitrogen and oxygen atoms in total. The fourth-order valence-corrected chi connectivity index (χ4v) is 5.00. The standard InChI is InChI=1S/C25H21ClN2O3S2/c1-15-4-5-17(12-16(15)2)21-14-19(33(3,30)31)7-8-20(21)24(29)28-18-6-9-23(26)22(13-18)25-27-10-11-32-25/h4-14H,1-3H3,(H,28,29). The summed E-state index contributed by atoms with van der Waals surface area (Å²) >= 11 is 7.79. The number of rotatable bonds is 5. The van der Waals surface area contributed by atoms with Crippen molar-refractivity contribution in [3.8, 4) is 21.7 Å². The van der Waals surface area contributed by atoms with Gasteiger partial charge in [0, 0.05) is 34.6 Å². The zero-order chi connectivity index (χ0) is 23.8. The van der Waals surface area contributed by atoms with Crippen LogP contribution < -0.4 is 5.32 Å². The molecule has 33 heavy (non-hydrogen) atoms. The molecular formula is C25H21ClN2O3S2. The predicted octanol–water partition coefficient (Wildman–Crippen LogP) is 6.40. The molecule has 0 aliphatic carbocycles. The van der Waals surface area contributed by atoms with Crippen molar-refractivity contribution in [3.63, 3.8) is 0 Å². The molecule has 3 aromatic carbocycles. The van der Waals surface area contributed by atoms with E-state index >= 15 is 0 Å². The van der Waals surface area contributed by atoms with Crippen LogP contribution in [0.5, 0.6) is 0 Å². The van der Waals surface area contributed by atoms with Crippen LogP contribution in [0.4, 0.5) is 5.69 Å². The molecule has 0 radical (unpaired) electrons. The number of thiazole rings is 1. The minimum atomic E-state index is -3.44. The van der Waals surface area contributed by atoms with Crippen molar-refractivity contribution >= 4 is 44.4 Å². The molecule has 0 bridgehead atoms. The summed E-state index contributed by atoms with van der Waals surface area (Å²) < 4.78 is 24.3. The number of carbonyl (C=O) groups excluding carboxylic acids is 1. The van der Waals surface area contributed by atoms with E-state index in [4.69, 9.17) is 11.6 Å². The van der Waals surface area contributed by atoms with Crippen LogP contribution in [0.15, 0.2) is 71.1 Å². The van der Waals surface area contributed by atoms with Gasteiger partial charge in [0.2, 0.25) is 0 Å². The van der Waals surface area contributed by atoms with E-state index in [9.17, 15) is 13.2 Å². The molecule has 8 heteroatoms. The molecule has 4 rings (SSSR count). The van der Waals surface area contributed by atoms with Crippen molar-refractivity contribution in [1.82, 2.24) is 4.98 Å². The first-order valence-corrected chi connectivity index (χ1v) is 13.2. The van der Waals surface area contributed by atoms with E-state index in [1.807, 2.05) is 37.4 Å². The van der Waals surface area contributed by atoms with Gasteiger partial charge in [-0.05, 0) is 72.5 Å². The number of hydrogen-bond acceptors (Lipinski definition) is 5. The Hall–Kier alpha value is -3.00. The van der Waals surface area contributed by atoms with E-state index in [1.165, 1.54) is 17.4 Å². The lowest BCUT2D eigenvalue weighted by molar-refractivity contribution is 0.102. The van der Waals surface area contributed by atoms with Crippen LogP contribution in [0.3, 0.4) is 0 Å². The molecule has 0 aliphatic rings. The Morgan fingerprint density at radius 1 is 0.970 bits per heavy atom. The van der Waals surface area contributed by atoms with E-state index < -0.39 is 9.84 Å². The Bertz CT molecular complexity index is 1460. The van der Waals surface area contributed by atoms with Gasteiger partial charge in [-0.2, -0.15) is 0 Å². The predicted molar refractivity (Wildman–Crippen MR) is 135 cm³/mol. The third kappa shape index (κ3) is 5.00. The molecule has 1 aromatic heterocycles. The van der Waals surface area contributed by atoms with Gasteiger partial charge in [-0.15, -0.1) is 11.3 Å². The summed E-state index contributed by atoms with van der Waals surface area (Å²) in [4.78, 5) is 17.7. The lowest BCUT2D eigenvalue weighted by atomic mass is 9.96. The van der Waals surface area contributed by atoms with Crippen molar-refractivity contribution in [2.45, 2.75) is 18.7 Å². The van der Waals surface area contributed by atoms with Crippen LogP contribution in [0.1, 0.15) is 21.5 Å². The second-order valence-electron chi connectivity index (χ2n) is 7.76. The van der Waals surface area contributed by atoms with Crippen LogP contribution in [-0.4, -0.2) is 25.6 Å². The first kappa shape index (κ1) is 23.2. The second-order valence-corrected chi connectivity index (χ2v) is 11.1. The summed E-state index contributed by atoms with van der Waals surface area (Å²) in [7, 11) is -3.44. The topological polar surface area (TPSA) is 76.1 Å². The van der Waals surface area contributed by atoms with Gasteiger partial charge < -0.3 is 5.32 Å². The lowest BCUT2D eigenvalue weighted by Crippen LogP contribution is -2.14.